The number of ether oxygens (including phenoxy) is 1. The lowest BCUT2D eigenvalue weighted by Gasteiger charge is -1.99. The van der Waals surface area contributed by atoms with Crippen molar-refractivity contribution in [3.05, 3.63) is 35.9 Å². The fourth-order valence-corrected chi connectivity index (χ4v) is 3.47. The second kappa shape index (κ2) is 7.34. The average molecular weight is 268 g/mol. The molecule has 2 atom stereocenters. The third kappa shape index (κ3) is 4.57. The van der Waals surface area contributed by atoms with Crippen LogP contribution in [0.25, 0.3) is 0 Å². The van der Waals surface area contributed by atoms with E-state index in [0.29, 0.717) is 12.2 Å². The summed E-state index contributed by atoms with van der Waals surface area (Å²) < 4.78 is 5.71. The summed E-state index contributed by atoms with van der Waals surface area (Å²) in [7, 11) is 0. The Morgan fingerprint density at radius 3 is 2.71 bits per heavy atom. The van der Waals surface area contributed by atoms with Crippen molar-refractivity contribution >= 4 is 23.5 Å². The quantitative estimate of drug-likeness (QED) is 0.522. The summed E-state index contributed by atoms with van der Waals surface area (Å²) in [5.74, 6) is 3.82. The summed E-state index contributed by atoms with van der Waals surface area (Å²) in [6.45, 7) is 0. The maximum Gasteiger partial charge on any atom is 0.109 e. The predicted molar refractivity (Wildman–Crippen MR) is 79.0 cm³/mol. The normalized spacial score (nSPS) is 22.6. The zero-order chi connectivity index (χ0) is 11.9. The zero-order valence-electron chi connectivity index (χ0n) is 10.3. The van der Waals surface area contributed by atoms with Gasteiger partial charge >= 0.3 is 0 Å². The zero-order valence-corrected chi connectivity index (χ0v) is 11.9. The molecular formula is C14H20OS2. The highest BCUT2D eigenvalue weighted by molar-refractivity contribution is 7.99. The first-order valence-electron chi connectivity index (χ1n) is 6.19. The van der Waals surface area contributed by atoms with Crippen LogP contribution in [0, 0.1) is 0 Å². The number of hydrogen-bond donors (Lipinski definition) is 0. The molecule has 1 aromatic rings. The van der Waals surface area contributed by atoms with E-state index in [0.717, 1.165) is 0 Å². The molecule has 0 N–H and O–H groups in total. The van der Waals surface area contributed by atoms with E-state index in [-0.39, 0.29) is 0 Å². The molecule has 2 unspecified atom stereocenters. The molecule has 17 heavy (non-hydrogen) atoms. The molecule has 1 aliphatic rings. The van der Waals surface area contributed by atoms with Gasteiger partial charge in [-0.1, -0.05) is 30.3 Å². The minimum Gasteiger partial charge on any atom is -0.364 e. The molecule has 1 fully saturated rings. The van der Waals surface area contributed by atoms with Crippen molar-refractivity contribution in [2.75, 3.05) is 23.5 Å². The first-order chi connectivity index (χ1) is 8.42. The van der Waals surface area contributed by atoms with Crippen LogP contribution < -0.4 is 0 Å². The standard InChI is InChI=1S/C14H20OS2/c1-16-9-5-10-17-11-8-13-14(15-13)12-6-3-2-4-7-12/h2-4,6-7,13-14H,5,8-11H2,1H3. The Labute approximate surface area is 113 Å². The monoisotopic (exact) mass is 268 g/mol. The van der Waals surface area contributed by atoms with Crippen molar-refractivity contribution in [1.82, 2.24) is 0 Å². The van der Waals surface area contributed by atoms with Gasteiger partial charge in [0.2, 0.25) is 0 Å². The van der Waals surface area contributed by atoms with Crippen LogP contribution in [0.2, 0.25) is 0 Å². The smallest absolute Gasteiger partial charge is 0.109 e. The molecule has 0 radical (unpaired) electrons. The van der Waals surface area contributed by atoms with Gasteiger partial charge in [0.15, 0.2) is 0 Å². The van der Waals surface area contributed by atoms with Gasteiger partial charge in [-0.2, -0.15) is 23.5 Å². The van der Waals surface area contributed by atoms with E-state index in [2.05, 4.69) is 48.3 Å². The van der Waals surface area contributed by atoms with Crippen molar-refractivity contribution in [2.24, 2.45) is 0 Å². The van der Waals surface area contributed by atoms with Crippen LogP contribution in [0.3, 0.4) is 0 Å². The predicted octanol–water partition coefficient (Wildman–Crippen LogP) is 4.00. The van der Waals surface area contributed by atoms with Crippen molar-refractivity contribution in [3.63, 3.8) is 0 Å². The van der Waals surface area contributed by atoms with Gasteiger partial charge in [-0.15, -0.1) is 0 Å². The Morgan fingerprint density at radius 2 is 1.94 bits per heavy atom. The van der Waals surface area contributed by atoms with Crippen LogP contribution >= 0.6 is 23.5 Å². The molecule has 0 saturated carbocycles. The Morgan fingerprint density at radius 1 is 1.12 bits per heavy atom. The van der Waals surface area contributed by atoms with Crippen LogP contribution in [0.4, 0.5) is 0 Å². The second-order valence-corrected chi connectivity index (χ2v) is 6.46. The van der Waals surface area contributed by atoms with Gasteiger partial charge in [-0.25, -0.2) is 0 Å². The molecule has 0 bridgehead atoms. The Hall–Kier alpha value is -0.120. The topological polar surface area (TPSA) is 12.5 Å². The van der Waals surface area contributed by atoms with Crippen LogP contribution in [0.15, 0.2) is 30.3 Å². The molecule has 1 nitrogen and oxygen atoms in total. The molecular weight excluding hydrogens is 248 g/mol. The molecule has 0 aromatic heterocycles. The van der Waals surface area contributed by atoms with Gasteiger partial charge in [0, 0.05) is 0 Å². The van der Waals surface area contributed by atoms with E-state index in [1.165, 1.54) is 35.7 Å². The molecule has 1 aromatic carbocycles. The third-order valence-corrected chi connectivity index (χ3v) is 4.69. The van der Waals surface area contributed by atoms with Gasteiger partial charge in [-0.3, -0.25) is 0 Å². The maximum absolute atomic E-state index is 5.71. The molecule has 0 aliphatic carbocycles. The highest BCUT2D eigenvalue weighted by Crippen LogP contribution is 2.41. The summed E-state index contributed by atoms with van der Waals surface area (Å²) in [5, 5.41) is 0. The van der Waals surface area contributed by atoms with Crippen molar-refractivity contribution < 1.29 is 4.74 Å². The second-order valence-electron chi connectivity index (χ2n) is 4.25. The van der Waals surface area contributed by atoms with E-state index in [1.54, 1.807) is 0 Å². The molecule has 2 rings (SSSR count). The molecule has 3 heteroatoms. The maximum atomic E-state index is 5.71. The molecule has 1 heterocycles. The number of benzene rings is 1. The van der Waals surface area contributed by atoms with Crippen LogP contribution in [-0.2, 0) is 4.74 Å². The third-order valence-electron chi connectivity index (χ3n) is 2.89. The van der Waals surface area contributed by atoms with Crippen molar-refractivity contribution in [2.45, 2.75) is 25.0 Å². The number of thioether (sulfide) groups is 2. The summed E-state index contributed by atoms with van der Waals surface area (Å²) in [4.78, 5) is 0. The lowest BCUT2D eigenvalue weighted by atomic mass is 10.1. The van der Waals surface area contributed by atoms with Crippen molar-refractivity contribution in [3.8, 4) is 0 Å². The highest BCUT2D eigenvalue weighted by Gasteiger charge is 2.39. The molecule has 0 amide bonds. The summed E-state index contributed by atoms with van der Waals surface area (Å²) in [6, 6.07) is 10.6. The van der Waals surface area contributed by atoms with Gasteiger partial charge in [0.05, 0.1) is 6.10 Å². The Kier molecular flexibility index (Phi) is 5.75. The van der Waals surface area contributed by atoms with E-state index < -0.39 is 0 Å². The van der Waals surface area contributed by atoms with Gasteiger partial charge in [-0.05, 0) is 41.9 Å². The number of hydrogen-bond acceptors (Lipinski definition) is 3. The Balaban J connectivity index is 1.55. The average Bonchev–Trinajstić information content (AvgIpc) is 3.14. The SMILES string of the molecule is CSCCCSCCC1OC1c1ccccc1. The fraction of sp³-hybridized carbons (Fsp3) is 0.571. The highest BCUT2D eigenvalue weighted by atomic mass is 32.2. The summed E-state index contributed by atoms with van der Waals surface area (Å²) in [5.41, 5.74) is 1.34. The molecule has 1 aliphatic heterocycles. The van der Waals surface area contributed by atoms with E-state index in [1.807, 2.05) is 11.8 Å². The molecule has 94 valence electrons. The Bertz CT molecular complexity index is 315. The van der Waals surface area contributed by atoms with Gasteiger partial charge in [0.1, 0.15) is 6.10 Å². The fourth-order valence-electron chi connectivity index (χ4n) is 1.91. The van der Waals surface area contributed by atoms with E-state index >= 15 is 0 Å². The molecule has 1 saturated heterocycles. The van der Waals surface area contributed by atoms with Crippen LogP contribution in [0.1, 0.15) is 24.5 Å². The lowest BCUT2D eigenvalue weighted by molar-refractivity contribution is 0.371. The minimum absolute atomic E-state index is 0.378. The number of epoxide rings is 1. The number of rotatable bonds is 8. The lowest BCUT2D eigenvalue weighted by Crippen LogP contribution is -1.93. The largest absolute Gasteiger partial charge is 0.364 e. The summed E-state index contributed by atoms with van der Waals surface area (Å²) >= 11 is 4.00. The van der Waals surface area contributed by atoms with Crippen molar-refractivity contribution in [1.29, 1.82) is 0 Å². The van der Waals surface area contributed by atoms with Gasteiger partial charge in [0.25, 0.3) is 0 Å². The first kappa shape index (κ1) is 13.3. The first-order valence-corrected chi connectivity index (χ1v) is 8.74. The minimum atomic E-state index is 0.378. The summed E-state index contributed by atoms with van der Waals surface area (Å²) in [6.07, 6.45) is 5.56. The van der Waals surface area contributed by atoms with Crippen LogP contribution in [0.5, 0.6) is 0 Å². The van der Waals surface area contributed by atoms with E-state index in [9.17, 15) is 0 Å². The molecule has 0 spiro atoms. The van der Waals surface area contributed by atoms with E-state index in [4.69, 9.17) is 4.74 Å². The van der Waals surface area contributed by atoms with Gasteiger partial charge < -0.3 is 4.74 Å². The van der Waals surface area contributed by atoms with Crippen LogP contribution in [-0.4, -0.2) is 29.6 Å².